The van der Waals surface area contributed by atoms with Gasteiger partial charge in [-0.15, -0.1) is 0 Å². The van der Waals surface area contributed by atoms with Crippen LogP contribution in [-0.2, 0) is 5.54 Å². The van der Waals surface area contributed by atoms with E-state index >= 15 is 4.39 Å². The van der Waals surface area contributed by atoms with Gasteiger partial charge < -0.3 is 15.8 Å². The van der Waals surface area contributed by atoms with Gasteiger partial charge in [0.05, 0.1) is 12.0 Å². The van der Waals surface area contributed by atoms with Crippen LogP contribution in [-0.4, -0.2) is 40.4 Å². The number of nitrogens with one attached hydrogen (secondary N) is 1. The van der Waals surface area contributed by atoms with Crippen LogP contribution >= 0.6 is 12.6 Å². The molecule has 3 rings (SSSR count). The first-order chi connectivity index (χ1) is 15.2. The van der Waals surface area contributed by atoms with Gasteiger partial charge in [0, 0.05) is 22.9 Å². The van der Waals surface area contributed by atoms with Crippen molar-refractivity contribution < 1.29 is 31.5 Å². The Morgan fingerprint density at radius 3 is 2.61 bits per heavy atom. The van der Waals surface area contributed by atoms with E-state index in [-0.39, 0.29) is 35.0 Å². The standard InChI is InChI=1S/C21H21F5N4O2S/c1-11(33)20(23)8-17(27)30-19(20,2)14-7-12(3-5-15(14)22)29-18(31)16-6-4-13(9-28-16)32-10-21(24,25)26/h3-7,9,11,33H,8,10H2,1-2H3,(H2,27,30)(H,29,31)/t11-,19-,20-/m1/s1. The lowest BCUT2D eigenvalue weighted by atomic mass is 9.75. The topological polar surface area (TPSA) is 89.6 Å². The number of rotatable bonds is 6. The highest BCUT2D eigenvalue weighted by molar-refractivity contribution is 7.81. The fraction of sp³-hybridized carbons (Fsp3) is 0.381. The molecule has 3 N–H and O–H groups in total. The van der Waals surface area contributed by atoms with E-state index in [0.29, 0.717) is 0 Å². The van der Waals surface area contributed by atoms with E-state index in [9.17, 15) is 22.4 Å². The molecule has 12 heteroatoms. The molecular formula is C21H21F5N4O2S. The molecule has 2 heterocycles. The van der Waals surface area contributed by atoms with Gasteiger partial charge in [-0.1, -0.05) is 6.92 Å². The van der Waals surface area contributed by atoms with Gasteiger partial charge in [0.2, 0.25) is 0 Å². The van der Waals surface area contributed by atoms with Crippen LogP contribution < -0.4 is 15.8 Å². The number of amidine groups is 1. The van der Waals surface area contributed by atoms with Crippen molar-refractivity contribution in [1.82, 2.24) is 4.98 Å². The molecule has 0 saturated heterocycles. The molecule has 3 atom stereocenters. The highest BCUT2D eigenvalue weighted by atomic mass is 32.1. The minimum absolute atomic E-state index is 0.0202. The van der Waals surface area contributed by atoms with Crippen molar-refractivity contribution >= 4 is 30.1 Å². The number of aromatic nitrogens is 1. The van der Waals surface area contributed by atoms with Crippen molar-refractivity contribution in [2.75, 3.05) is 11.9 Å². The molecule has 33 heavy (non-hydrogen) atoms. The predicted molar refractivity (Wildman–Crippen MR) is 116 cm³/mol. The fourth-order valence-corrected chi connectivity index (χ4v) is 3.97. The smallest absolute Gasteiger partial charge is 0.422 e. The van der Waals surface area contributed by atoms with Crippen molar-refractivity contribution in [2.45, 2.75) is 42.9 Å². The Kier molecular flexibility index (Phi) is 6.60. The summed E-state index contributed by atoms with van der Waals surface area (Å²) >= 11 is 4.21. The summed E-state index contributed by atoms with van der Waals surface area (Å²) in [7, 11) is 0. The molecule has 0 spiro atoms. The second-order valence-corrected chi connectivity index (χ2v) is 8.60. The van der Waals surface area contributed by atoms with Gasteiger partial charge in [0.15, 0.2) is 12.3 Å². The van der Waals surface area contributed by atoms with Crippen molar-refractivity contribution in [3.05, 3.63) is 53.6 Å². The minimum Gasteiger partial charge on any atom is -0.483 e. The van der Waals surface area contributed by atoms with Crippen LogP contribution in [0.3, 0.4) is 0 Å². The zero-order chi connectivity index (χ0) is 24.6. The first-order valence-electron chi connectivity index (χ1n) is 9.73. The lowest BCUT2D eigenvalue weighted by Gasteiger charge is -2.38. The number of carbonyl (C=O) groups is 1. The summed E-state index contributed by atoms with van der Waals surface area (Å²) in [6, 6.07) is 5.91. The summed E-state index contributed by atoms with van der Waals surface area (Å²) in [6.45, 7) is 1.43. The largest absolute Gasteiger partial charge is 0.483 e. The number of hydrogen-bond donors (Lipinski definition) is 3. The third kappa shape index (κ3) is 5.05. The van der Waals surface area contributed by atoms with E-state index < -0.39 is 41.0 Å². The van der Waals surface area contributed by atoms with Crippen LogP contribution in [0.2, 0.25) is 0 Å². The molecule has 1 amide bonds. The van der Waals surface area contributed by atoms with E-state index in [0.717, 1.165) is 18.3 Å². The summed E-state index contributed by atoms with van der Waals surface area (Å²) in [5.74, 6) is -1.61. The Morgan fingerprint density at radius 2 is 2.03 bits per heavy atom. The maximum atomic E-state index is 15.8. The van der Waals surface area contributed by atoms with Gasteiger partial charge in [-0.05, 0) is 37.3 Å². The van der Waals surface area contributed by atoms with E-state index in [4.69, 9.17) is 5.73 Å². The number of carbonyl (C=O) groups excluding carboxylic acids is 1. The molecule has 0 unspecified atom stereocenters. The van der Waals surface area contributed by atoms with Crippen LogP contribution in [0.1, 0.15) is 36.3 Å². The molecule has 6 nitrogen and oxygen atoms in total. The molecule has 2 aromatic rings. The summed E-state index contributed by atoms with van der Waals surface area (Å²) in [5, 5.41) is 1.67. The Labute approximate surface area is 191 Å². The summed E-state index contributed by atoms with van der Waals surface area (Å²) in [6.07, 6.45) is -3.76. The Morgan fingerprint density at radius 1 is 1.33 bits per heavy atom. The number of anilines is 1. The SMILES string of the molecule is C[C@@H](S)[C@]1(F)CC(N)=N[C@]1(C)c1cc(NC(=O)c2ccc(OCC(F)(F)F)cn2)ccc1F. The predicted octanol–water partition coefficient (Wildman–Crippen LogP) is 4.42. The quantitative estimate of drug-likeness (QED) is 0.415. The van der Waals surface area contributed by atoms with Crippen LogP contribution in [0.25, 0.3) is 0 Å². The first-order valence-corrected chi connectivity index (χ1v) is 10.2. The van der Waals surface area contributed by atoms with E-state index in [1.165, 1.54) is 32.0 Å². The van der Waals surface area contributed by atoms with Crippen molar-refractivity contribution in [1.29, 1.82) is 0 Å². The molecule has 178 valence electrons. The number of amides is 1. The zero-order valence-electron chi connectivity index (χ0n) is 17.6. The van der Waals surface area contributed by atoms with Gasteiger partial charge in [0.1, 0.15) is 22.8 Å². The number of nitrogens with two attached hydrogens (primary N) is 1. The van der Waals surface area contributed by atoms with Gasteiger partial charge in [-0.2, -0.15) is 25.8 Å². The van der Waals surface area contributed by atoms with Crippen LogP contribution in [0.5, 0.6) is 5.75 Å². The van der Waals surface area contributed by atoms with Crippen molar-refractivity contribution in [2.24, 2.45) is 10.7 Å². The number of aliphatic imine (C=N–C) groups is 1. The number of thiol groups is 1. The molecule has 0 radical (unpaired) electrons. The van der Waals surface area contributed by atoms with E-state index in [1.807, 2.05) is 0 Å². The number of nitrogens with zero attached hydrogens (tertiary/aromatic N) is 2. The maximum absolute atomic E-state index is 15.8. The molecule has 1 aliphatic heterocycles. The zero-order valence-corrected chi connectivity index (χ0v) is 18.5. The third-order valence-corrected chi connectivity index (χ3v) is 5.81. The second kappa shape index (κ2) is 8.81. The lowest BCUT2D eigenvalue weighted by molar-refractivity contribution is -0.153. The van der Waals surface area contributed by atoms with Crippen LogP contribution in [0, 0.1) is 5.82 Å². The first kappa shape index (κ1) is 24.7. The number of benzene rings is 1. The minimum atomic E-state index is -4.51. The molecule has 0 aliphatic carbocycles. The number of hydrogen-bond acceptors (Lipinski definition) is 6. The lowest BCUT2D eigenvalue weighted by Crippen LogP contribution is -2.48. The van der Waals surface area contributed by atoms with Gasteiger partial charge >= 0.3 is 6.18 Å². The number of halogens is 5. The number of pyridine rings is 1. The van der Waals surface area contributed by atoms with E-state index in [2.05, 4.69) is 32.7 Å². The normalized spacial score (nSPS) is 23.7. The molecule has 0 saturated carbocycles. The average molecular weight is 488 g/mol. The Bertz CT molecular complexity index is 1080. The summed E-state index contributed by atoms with van der Waals surface area (Å²) in [4.78, 5) is 20.4. The van der Waals surface area contributed by atoms with Crippen molar-refractivity contribution in [3.63, 3.8) is 0 Å². The number of ether oxygens (including phenoxy) is 1. The Balaban J connectivity index is 1.82. The van der Waals surface area contributed by atoms with E-state index in [1.54, 1.807) is 0 Å². The maximum Gasteiger partial charge on any atom is 0.422 e. The second-order valence-electron chi connectivity index (χ2n) is 7.82. The highest BCUT2D eigenvalue weighted by Crippen LogP contribution is 2.50. The highest BCUT2D eigenvalue weighted by Gasteiger charge is 2.58. The van der Waals surface area contributed by atoms with Gasteiger partial charge in [0.25, 0.3) is 5.91 Å². The van der Waals surface area contributed by atoms with Gasteiger partial charge in [-0.3, -0.25) is 9.79 Å². The van der Waals surface area contributed by atoms with Gasteiger partial charge in [-0.25, -0.2) is 13.8 Å². The fourth-order valence-electron chi connectivity index (χ4n) is 3.63. The Hall–Kier alpha value is -2.89. The third-order valence-electron chi connectivity index (χ3n) is 5.40. The molecule has 1 aromatic carbocycles. The van der Waals surface area contributed by atoms with Crippen LogP contribution in [0.4, 0.5) is 27.6 Å². The number of alkyl halides is 4. The summed E-state index contributed by atoms with van der Waals surface area (Å²) < 4.78 is 71.8. The monoisotopic (exact) mass is 488 g/mol. The molecule has 0 fully saturated rings. The molecule has 1 aromatic heterocycles. The van der Waals surface area contributed by atoms with Crippen molar-refractivity contribution in [3.8, 4) is 5.75 Å². The molecule has 1 aliphatic rings. The summed E-state index contributed by atoms with van der Waals surface area (Å²) in [5.41, 5.74) is 1.90. The molecule has 0 bridgehead atoms. The molecular weight excluding hydrogens is 467 g/mol. The van der Waals surface area contributed by atoms with Crippen LogP contribution in [0.15, 0.2) is 41.5 Å². The average Bonchev–Trinajstić information content (AvgIpc) is 2.97.